The van der Waals surface area contributed by atoms with Gasteiger partial charge in [0.05, 0.1) is 11.0 Å². The first-order valence-electron chi connectivity index (χ1n) is 13.3. The van der Waals surface area contributed by atoms with Gasteiger partial charge in [0.15, 0.2) is 11.6 Å². The molecule has 2 fully saturated rings. The second kappa shape index (κ2) is 11.1. The van der Waals surface area contributed by atoms with E-state index in [1.54, 1.807) is 7.11 Å². The van der Waals surface area contributed by atoms with Crippen molar-refractivity contribution in [1.82, 2.24) is 14.9 Å². The van der Waals surface area contributed by atoms with Crippen LogP contribution in [0.15, 0.2) is 42.5 Å². The highest BCUT2D eigenvalue weighted by Gasteiger charge is 2.37. The minimum atomic E-state index is -0.951. The number of nitrogens with zero attached hydrogens (tertiary/aromatic N) is 2. The van der Waals surface area contributed by atoms with Crippen molar-refractivity contribution in [3.8, 4) is 0 Å². The Labute approximate surface area is 211 Å². The molecule has 1 heterocycles. The highest BCUT2D eigenvalue weighted by molar-refractivity contribution is 5.85. The molecule has 0 saturated heterocycles. The van der Waals surface area contributed by atoms with Crippen molar-refractivity contribution in [2.45, 2.75) is 82.4 Å². The number of halogens is 2. The van der Waals surface area contributed by atoms with Gasteiger partial charge in [0, 0.05) is 25.3 Å². The highest BCUT2D eigenvalue weighted by Crippen LogP contribution is 2.39. The molecule has 2 atom stereocenters. The lowest BCUT2D eigenvalue weighted by molar-refractivity contribution is -0.127. The normalized spacial score (nSPS) is 19.3. The summed E-state index contributed by atoms with van der Waals surface area (Å²) in [5.41, 5.74) is 1.62. The van der Waals surface area contributed by atoms with Crippen LogP contribution in [0.5, 0.6) is 0 Å². The average molecular weight is 496 g/mol. The van der Waals surface area contributed by atoms with E-state index in [0.29, 0.717) is 16.9 Å². The van der Waals surface area contributed by atoms with Gasteiger partial charge in [0.2, 0.25) is 5.91 Å². The maximum Gasteiger partial charge on any atom is 0.243 e. The Hall–Kier alpha value is -2.80. The van der Waals surface area contributed by atoms with Gasteiger partial charge in [-0.2, -0.15) is 0 Å². The van der Waals surface area contributed by atoms with E-state index < -0.39 is 23.8 Å². The molecule has 2 aliphatic carbocycles. The number of hydrogen-bond acceptors (Lipinski definition) is 3. The molecule has 7 heteroatoms. The molecule has 1 unspecified atom stereocenters. The number of carbonyl (C=O) groups is 1. The van der Waals surface area contributed by atoms with E-state index in [2.05, 4.69) is 5.32 Å². The monoisotopic (exact) mass is 495 g/mol. The molecular formula is C29H35F2N3O2. The number of imidazole rings is 1. The number of carbonyl (C=O) groups excluding carboxylic acids is 1. The number of methoxy groups -OCH3 is 1. The van der Waals surface area contributed by atoms with Crippen molar-refractivity contribution in [3.05, 3.63) is 65.5 Å². The zero-order valence-corrected chi connectivity index (χ0v) is 20.9. The largest absolute Gasteiger partial charge is 0.369 e. The first-order chi connectivity index (χ1) is 17.6. The highest BCUT2D eigenvalue weighted by atomic mass is 19.2. The van der Waals surface area contributed by atoms with Gasteiger partial charge in [0.1, 0.15) is 18.0 Å². The fourth-order valence-corrected chi connectivity index (χ4v) is 6.13. The lowest BCUT2D eigenvalue weighted by Crippen LogP contribution is -2.44. The van der Waals surface area contributed by atoms with Crippen LogP contribution in [0.2, 0.25) is 0 Å². The van der Waals surface area contributed by atoms with Crippen LogP contribution in [0.1, 0.15) is 87.7 Å². The van der Waals surface area contributed by atoms with Crippen molar-refractivity contribution in [2.75, 3.05) is 7.11 Å². The second-order valence-corrected chi connectivity index (χ2v) is 10.3. The third kappa shape index (κ3) is 5.03. The quantitative estimate of drug-likeness (QED) is 0.401. The molecule has 0 bridgehead atoms. The van der Waals surface area contributed by atoms with Gasteiger partial charge < -0.3 is 14.6 Å². The number of aromatic nitrogens is 2. The molecule has 2 aromatic carbocycles. The maximum absolute atomic E-state index is 14.6. The SMILES string of the molecule is CO[C@H](c1ccccc1)c1nc2cc(F)c(F)cc2n1C(C(=O)NC1CCCCC1)C1CCCCC1. The zero-order valence-electron chi connectivity index (χ0n) is 20.9. The van der Waals surface area contributed by atoms with Gasteiger partial charge in [-0.3, -0.25) is 4.79 Å². The van der Waals surface area contributed by atoms with E-state index in [4.69, 9.17) is 9.72 Å². The first-order valence-corrected chi connectivity index (χ1v) is 13.3. The molecule has 3 aromatic rings. The molecule has 5 rings (SSSR count). The molecule has 0 spiro atoms. The lowest BCUT2D eigenvalue weighted by Gasteiger charge is -2.34. The Kier molecular flexibility index (Phi) is 7.65. The van der Waals surface area contributed by atoms with Crippen LogP contribution in [-0.4, -0.2) is 28.6 Å². The Morgan fingerprint density at radius 3 is 2.28 bits per heavy atom. The van der Waals surface area contributed by atoms with Crippen LogP contribution in [0.25, 0.3) is 11.0 Å². The molecule has 2 aliphatic rings. The first kappa shape index (κ1) is 24.9. The summed E-state index contributed by atoms with van der Waals surface area (Å²) in [6, 6.07) is 11.5. The van der Waals surface area contributed by atoms with Gasteiger partial charge in [-0.1, -0.05) is 68.9 Å². The molecule has 36 heavy (non-hydrogen) atoms. The Bertz CT molecular complexity index is 1180. The topological polar surface area (TPSA) is 56.2 Å². The summed E-state index contributed by atoms with van der Waals surface area (Å²) in [5, 5.41) is 3.32. The van der Waals surface area contributed by atoms with Gasteiger partial charge in [0.25, 0.3) is 0 Å². The molecule has 2 saturated carbocycles. The number of benzene rings is 2. The number of rotatable bonds is 7. The van der Waals surface area contributed by atoms with Gasteiger partial charge in [-0.15, -0.1) is 0 Å². The summed E-state index contributed by atoms with van der Waals surface area (Å²) in [5.74, 6) is -1.37. The number of hydrogen-bond donors (Lipinski definition) is 1. The smallest absolute Gasteiger partial charge is 0.243 e. The van der Waals surface area contributed by atoms with Gasteiger partial charge in [-0.25, -0.2) is 13.8 Å². The molecule has 1 aromatic heterocycles. The van der Waals surface area contributed by atoms with E-state index in [0.717, 1.165) is 69.4 Å². The maximum atomic E-state index is 14.6. The van der Waals surface area contributed by atoms with Crippen molar-refractivity contribution in [3.63, 3.8) is 0 Å². The van der Waals surface area contributed by atoms with Crippen LogP contribution in [-0.2, 0) is 9.53 Å². The molecule has 0 radical (unpaired) electrons. The van der Waals surface area contributed by atoms with Crippen LogP contribution < -0.4 is 5.32 Å². The number of amides is 1. The predicted octanol–water partition coefficient (Wildman–Crippen LogP) is 6.62. The molecule has 1 amide bonds. The summed E-state index contributed by atoms with van der Waals surface area (Å²) in [6.07, 6.45) is 9.87. The molecule has 5 nitrogen and oxygen atoms in total. The third-order valence-corrected chi connectivity index (χ3v) is 7.93. The van der Waals surface area contributed by atoms with E-state index in [1.807, 2.05) is 34.9 Å². The van der Waals surface area contributed by atoms with Gasteiger partial charge in [-0.05, 0) is 37.2 Å². The number of ether oxygens (including phenoxy) is 1. The third-order valence-electron chi connectivity index (χ3n) is 7.93. The Balaban J connectivity index is 1.66. The summed E-state index contributed by atoms with van der Waals surface area (Å²) in [4.78, 5) is 18.8. The standard InChI is InChI=1S/C29H35F2N3O2/c1-36-27(20-13-7-3-8-14-20)28-33-24-17-22(30)23(31)18-25(24)34(28)26(19-11-5-2-6-12-19)29(35)32-21-15-9-4-10-16-21/h3,7-8,13-14,17-19,21,26-27H,2,4-6,9-12,15-16H2,1H3,(H,32,35)/t26?,27-/m1/s1. The predicted molar refractivity (Wildman–Crippen MR) is 136 cm³/mol. The number of nitrogens with one attached hydrogen (secondary N) is 1. The van der Waals surface area contributed by atoms with Crippen LogP contribution in [0.3, 0.4) is 0 Å². The summed E-state index contributed by atoms with van der Waals surface area (Å²) >= 11 is 0. The van der Waals surface area contributed by atoms with E-state index in [-0.39, 0.29) is 17.9 Å². The van der Waals surface area contributed by atoms with Crippen molar-refractivity contribution < 1.29 is 18.3 Å². The molecule has 192 valence electrons. The summed E-state index contributed by atoms with van der Waals surface area (Å²) < 4.78 is 36.6. The van der Waals surface area contributed by atoms with Crippen LogP contribution >= 0.6 is 0 Å². The van der Waals surface area contributed by atoms with Crippen LogP contribution in [0.4, 0.5) is 8.78 Å². The van der Waals surface area contributed by atoms with Crippen molar-refractivity contribution in [2.24, 2.45) is 5.92 Å². The van der Waals surface area contributed by atoms with Gasteiger partial charge >= 0.3 is 0 Å². The van der Waals surface area contributed by atoms with E-state index in [1.165, 1.54) is 12.5 Å². The fraction of sp³-hybridized carbons (Fsp3) is 0.517. The average Bonchev–Trinajstić information content (AvgIpc) is 3.24. The van der Waals surface area contributed by atoms with E-state index in [9.17, 15) is 13.6 Å². The summed E-state index contributed by atoms with van der Waals surface area (Å²) in [7, 11) is 1.60. The minimum absolute atomic E-state index is 0.0537. The Morgan fingerprint density at radius 1 is 0.972 bits per heavy atom. The fourth-order valence-electron chi connectivity index (χ4n) is 6.13. The molecular weight excluding hydrogens is 460 g/mol. The minimum Gasteiger partial charge on any atom is -0.369 e. The molecule has 0 aliphatic heterocycles. The molecule has 1 N–H and O–H groups in total. The lowest BCUT2D eigenvalue weighted by atomic mass is 9.82. The number of fused-ring (bicyclic) bond motifs is 1. The zero-order chi connectivity index (χ0) is 25.1. The van der Waals surface area contributed by atoms with Crippen molar-refractivity contribution >= 4 is 16.9 Å². The second-order valence-electron chi connectivity index (χ2n) is 10.3. The van der Waals surface area contributed by atoms with Crippen LogP contribution in [0, 0.1) is 17.6 Å². The van der Waals surface area contributed by atoms with E-state index >= 15 is 0 Å². The summed E-state index contributed by atoms with van der Waals surface area (Å²) in [6.45, 7) is 0. The van der Waals surface area contributed by atoms with Crippen molar-refractivity contribution in [1.29, 1.82) is 0 Å². The Morgan fingerprint density at radius 2 is 1.61 bits per heavy atom.